The predicted molar refractivity (Wildman–Crippen MR) is 74.8 cm³/mol. The van der Waals surface area contributed by atoms with Crippen molar-refractivity contribution in [2.75, 3.05) is 19.0 Å². The maximum atomic E-state index is 5.65. The Morgan fingerprint density at radius 1 is 1.18 bits per heavy atom. The lowest BCUT2D eigenvalue weighted by molar-refractivity contribution is 0.108. The molecule has 0 aliphatic heterocycles. The van der Waals surface area contributed by atoms with E-state index < -0.39 is 0 Å². The van der Waals surface area contributed by atoms with Gasteiger partial charge in [0.1, 0.15) is 5.75 Å². The summed E-state index contributed by atoms with van der Waals surface area (Å²) < 4.78 is 10.8. The lowest BCUT2D eigenvalue weighted by atomic mass is 10.1. The van der Waals surface area contributed by atoms with Crippen molar-refractivity contribution < 1.29 is 9.47 Å². The van der Waals surface area contributed by atoms with Gasteiger partial charge in [-0.05, 0) is 36.5 Å². The summed E-state index contributed by atoms with van der Waals surface area (Å²) in [5, 5.41) is 1.08. The van der Waals surface area contributed by atoms with E-state index in [4.69, 9.17) is 9.47 Å². The van der Waals surface area contributed by atoms with E-state index in [1.54, 1.807) is 7.11 Å². The second kappa shape index (κ2) is 8.54. The van der Waals surface area contributed by atoms with Gasteiger partial charge in [0.15, 0.2) is 0 Å². The van der Waals surface area contributed by atoms with E-state index >= 15 is 0 Å². The Labute approximate surface area is 112 Å². The van der Waals surface area contributed by atoms with E-state index in [1.165, 1.54) is 12.0 Å². The van der Waals surface area contributed by atoms with Gasteiger partial charge in [0.2, 0.25) is 0 Å². The highest BCUT2D eigenvalue weighted by molar-refractivity contribution is 9.09. The first kappa shape index (κ1) is 14.5. The molecule has 0 fully saturated rings. The quantitative estimate of drug-likeness (QED) is 0.533. The molecule has 0 heterocycles. The molecule has 1 unspecified atom stereocenters. The molecule has 0 aliphatic rings. The van der Waals surface area contributed by atoms with Crippen molar-refractivity contribution in [3.8, 4) is 5.75 Å². The highest BCUT2D eigenvalue weighted by Gasteiger charge is 2.01. The first-order valence-electron chi connectivity index (χ1n) is 6.03. The molecule has 17 heavy (non-hydrogen) atoms. The number of methoxy groups -OCH3 is 1. The van der Waals surface area contributed by atoms with Gasteiger partial charge in [-0.2, -0.15) is 0 Å². The predicted octanol–water partition coefficient (Wildman–Crippen LogP) is 4.02. The van der Waals surface area contributed by atoms with Gasteiger partial charge in [0, 0.05) is 11.9 Å². The monoisotopic (exact) mass is 300 g/mol. The second-order valence-corrected chi connectivity index (χ2v) is 5.07. The molecule has 0 aromatic heterocycles. The van der Waals surface area contributed by atoms with Gasteiger partial charge < -0.3 is 9.47 Å². The van der Waals surface area contributed by atoms with E-state index in [0.29, 0.717) is 6.61 Å². The number of alkyl halides is 1. The van der Waals surface area contributed by atoms with Crippen LogP contribution in [0.5, 0.6) is 5.75 Å². The summed E-state index contributed by atoms with van der Waals surface area (Å²) in [6, 6.07) is 8.01. The maximum absolute atomic E-state index is 5.65. The van der Waals surface area contributed by atoms with Crippen molar-refractivity contribution >= 4 is 15.9 Å². The molecule has 0 saturated carbocycles. The summed E-state index contributed by atoms with van der Waals surface area (Å²) >= 11 is 3.46. The Hall–Kier alpha value is -0.540. The van der Waals surface area contributed by atoms with E-state index in [1.807, 2.05) is 24.3 Å². The Kier molecular flexibility index (Phi) is 7.29. The summed E-state index contributed by atoms with van der Waals surface area (Å²) in [6.07, 6.45) is 2.34. The minimum atomic E-state index is 0.686. The third kappa shape index (κ3) is 6.08. The zero-order chi connectivity index (χ0) is 12.5. The van der Waals surface area contributed by atoms with E-state index in [9.17, 15) is 0 Å². The van der Waals surface area contributed by atoms with Crippen molar-refractivity contribution in [2.24, 2.45) is 5.92 Å². The lowest BCUT2D eigenvalue weighted by Gasteiger charge is -2.10. The van der Waals surface area contributed by atoms with Crippen LogP contribution in [0.25, 0.3) is 0 Å². The standard InChI is InChI=1S/C14H21BrO2/c1-12(7-9-15)8-10-17-11-13-3-5-14(16-2)6-4-13/h3-6,12H,7-11H2,1-2H3. The zero-order valence-corrected chi connectivity index (χ0v) is 12.2. The largest absolute Gasteiger partial charge is 0.497 e. The smallest absolute Gasteiger partial charge is 0.118 e. The van der Waals surface area contributed by atoms with Crippen LogP contribution in [0.4, 0.5) is 0 Å². The first-order valence-corrected chi connectivity index (χ1v) is 7.15. The number of ether oxygens (including phenoxy) is 2. The fourth-order valence-corrected chi connectivity index (χ4v) is 2.31. The van der Waals surface area contributed by atoms with Crippen LogP contribution < -0.4 is 4.74 Å². The van der Waals surface area contributed by atoms with Gasteiger partial charge in [-0.3, -0.25) is 0 Å². The third-order valence-corrected chi connectivity index (χ3v) is 3.24. The Bertz CT molecular complexity index is 298. The van der Waals surface area contributed by atoms with Crippen molar-refractivity contribution in [1.82, 2.24) is 0 Å². The normalized spacial score (nSPS) is 12.4. The number of rotatable bonds is 8. The number of halogens is 1. The molecule has 0 saturated heterocycles. The summed E-state index contributed by atoms with van der Waals surface area (Å²) in [6.45, 7) is 3.78. The molecular weight excluding hydrogens is 280 g/mol. The summed E-state index contributed by atoms with van der Waals surface area (Å²) in [5.74, 6) is 1.62. The highest BCUT2D eigenvalue weighted by atomic mass is 79.9. The molecule has 0 aliphatic carbocycles. The fourth-order valence-electron chi connectivity index (χ4n) is 1.53. The summed E-state index contributed by atoms with van der Waals surface area (Å²) in [5.41, 5.74) is 1.19. The highest BCUT2D eigenvalue weighted by Crippen LogP contribution is 2.13. The average molecular weight is 301 g/mol. The van der Waals surface area contributed by atoms with Gasteiger partial charge in [0.05, 0.1) is 13.7 Å². The molecule has 1 rings (SSSR count). The maximum Gasteiger partial charge on any atom is 0.118 e. The van der Waals surface area contributed by atoms with Crippen LogP contribution >= 0.6 is 15.9 Å². The third-order valence-electron chi connectivity index (χ3n) is 2.78. The topological polar surface area (TPSA) is 18.5 Å². The van der Waals surface area contributed by atoms with Crippen LogP contribution in [-0.4, -0.2) is 19.0 Å². The van der Waals surface area contributed by atoms with Crippen molar-refractivity contribution in [1.29, 1.82) is 0 Å². The lowest BCUT2D eigenvalue weighted by Crippen LogP contribution is -2.02. The van der Waals surface area contributed by atoms with Gasteiger partial charge in [0.25, 0.3) is 0 Å². The molecule has 0 radical (unpaired) electrons. The van der Waals surface area contributed by atoms with E-state index in [0.717, 1.165) is 30.0 Å². The molecule has 96 valence electrons. The Morgan fingerprint density at radius 2 is 1.88 bits per heavy atom. The second-order valence-electron chi connectivity index (χ2n) is 4.27. The molecular formula is C14H21BrO2. The molecule has 0 amide bonds. The van der Waals surface area contributed by atoms with Crippen LogP contribution in [0.3, 0.4) is 0 Å². The van der Waals surface area contributed by atoms with Crippen LogP contribution in [-0.2, 0) is 11.3 Å². The van der Waals surface area contributed by atoms with Crippen molar-refractivity contribution in [2.45, 2.75) is 26.4 Å². The molecule has 0 N–H and O–H groups in total. The summed E-state index contributed by atoms with van der Waals surface area (Å²) in [7, 11) is 1.68. The molecule has 2 nitrogen and oxygen atoms in total. The zero-order valence-electron chi connectivity index (χ0n) is 10.6. The molecule has 0 bridgehead atoms. The van der Waals surface area contributed by atoms with Crippen molar-refractivity contribution in [3.05, 3.63) is 29.8 Å². The summed E-state index contributed by atoms with van der Waals surface area (Å²) in [4.78, 5) is 0. The Balaban J connectivity index is 2.17. The van der Waals surface area contributed by atoms with Gasteiger partial charge in [-0.25, -0.2) is 0 Å². The molecule has 0 spiro atoms. The average Bonchev–Trinajstić information content (AvgIpc) is 2.36. The number of hydrogen-bond acceptors (Lipinski definition) is 2. The van der Waals surface area contributed by atoms with Crippen LogP contribution in [0.15, 0.2) is 24.3 Å². The number of benzene rings is 1. The number of hydrogen-bond donors (Lipinski definition) is 0. The Morgan fingerprint density at radius 3 is 2.47 bits per heavy atom. The van der Waals surface area contributed by atoms with E-state index in [-0.39, 0.29) is 0 Å². The van der Waals surface area contributed by atoms with E-state index in [2.05, 4.69) is 22.9 Å². The molecule has 3 heteroatoms. The van der Waals surface area contributed by atoms with Gasteiger partial charge in [-0.1, -0.05) is 35.0 Å². The molecule has 1 aromatic rings. The van der Waals surface area contributed by atoms with Crippen LogP contribution in [0.1, 0.15) is 25.3 Å². The van der Waals surface area contributed by atoms with Gasteiger partial charge in [-0.15, -0.1) is 0 Å². The molecule has 1 atom stereocenters. The van der Waals surface area contributed by atoms with Gasteiger partial charge >= 0.3 is 0 Å². The fraction of sp³-hybridized carbons (Fsp3) is 0.571. The van der Waals surface area contributed by atoms with Crippen LogP contribution in [0.2, 0.25) is 0 Å². The minimum Gasteiger partial charge on any atom is -0.497 e. The SMILES string of the molecule is COc1ccc(COCCC(C)CCBr)cc1. The minimum absolute atomic E-state index is 0.686. The van der Waals surface area contributed by atoms with Crippen LogP contribution in [0, 0.1) is 5.92 Å². The molecule has 1 aromatic carbocycles. The first-order chi connectivity index (χ1) is 8.26. The van der Waals surface area contributed by atoms with Crippen molar-refractivity contribution in [3.63, 3.8) is 0 Å².